The van der Waals surface area contributed by atoms with Crippen molar-refractivity contribution in [1.29, 1.82) is 0 Å². The van der Waals surface area contributed by atoms with Crippen LogP contribution in [0.3, 0.4) is 0 Å². The molecule has 0 saturated carbocycles. The number of thiophene rings is 1. The topological polar surface area (TPSA) is 40.5 Å². The quantitative estimate of drug-likeness (QED) is 0.568. The molecule has 0 spiro atoms. The minimum atomic E-state index is -1.08. The Kier molecular flexibility index (Phi) is 7.55. The van der Waals surface area contributed by atoms with Crippen LogP contribution in [0.5, 0.6) is 0 Å². The number of hydrogen-bond acceptors (Lipinski definition) is 3. The third kappa shape index (κ3) is 4.79. The van der Waals surface area contributed by atoms with Crippen LogP contribution in [0.4, 0.5) is 0 Å². The molecular weight excluding hydrogens is 390 g/mol. The van der Waals surface area contributed by atoms with E-state index in [1.807, 2.05) is 6.92 Å². The molecule has 0 saturated heterocycles. The molecule has 1 heterocycles. The Morgan fingerprint density at radius 1 is 1.17 bits per heavy atom. The van der Waals surface area contributed by atoms with E-state index < -0.39 is 5.60 Å². The van der Waals surface area contributed by atoms with Gasteiger partial charge in [0.15, 0.2) is 0 Å². The number of aryl methyl sites for hydroxylation is 3. The molecule has 1 unspecified atom stereocenters. The zero-order chi connectivity index (χ0) is 22.7. The second-order valence-electron chi connectivity index (χ2n) is 8.67. The summed E-state index contributed by atoms with van der Waals surface area (Å²) in [4.78, 5) is 16.3. The van der Waals surface area contributed by atoms with Crippen molar-refractivity contribution in [3.8, 4) is 12.3 Å². The van der Waals surface area contributed by atoms with Crippen LogP contribution in [0.15, 0.2) is 24.3 Å². The van der Waals surface area contributed by atoms with Gasteiger partial charge < -0.3 is 10.0 Å². The molecule has 0 aliphatic heterocycles. The van der Waals surface area contributed by atoms with Crippen molar-refractivity contribution < 1.29 is 9.90 Å². The van der Waals surface area contributed by atoms with Crippen LogP contribution >= 0.6 is 11.3 Å². The van der Waals surface area contributed by atoms with Gasteiger partial charge >= 0.3 is 0 Å². The lowest BCUT2D eigenvalue weighted by molar-refractivity contribution is 0.0831. The normalized spacial score (nSPS) is 13.6. The van der Waals surface area contributed by atoms with Gasteiger partial charge in [-0.15, -0.1) is 17.8 Å². The number of terminal acetylenes is 1. The lowest BCUT2D eigenvalue weighted by atomic mass is 9.73. The molecule has 0 radical (unpaired) electrons. The molecule has 1 N–H and O–H groups in total. The highest BCUT2D eigenvalue weighted by atomic mass is 32.1. The summed E-state index contributed by atoms with van der Waals surface area (Å²) in [5, 5.41) is 10.1. The van der Waals surface area contributed by atoms with Crippen molar-refractivity contribution in [2.75, 3.05) is 14.1 Å². The van der Waals surface area contributed by atoms with Crippen LogP contribution in [0.25, 0.3) is 0 Å². The second kappa shape index (κ2) is 9.37. The minimum Gasteiger partial charge on any atom is -0.378 e. The first-order valence-corrected chi connectivity index (χ1v) is 11.5. The Labute approximate surface area is 186 Å². The first-order valence-electron chi connectivity index (χ1n) is 10.6. The van der Waals surface area contributed by atoms with Crippen LogP contribution in [0.2, 0.25) is 0 Å². The number of amides is 1. The second-order valence-corrected chi connectivity index (χ2v) is 9.72. The Bertz CT molecular complexity index is 942. The van der Waals surface area contributed by atoms with Crippen LogP contribution in [0, 0.1) is 26.2 Å². The first-order chi connectivity index (χ1) is 14.0. The number of carbonyl (C=O) groups excluding carboxylic acids is 1. The highest BCUT2D eigenvalue weighted by molar-refractivity contribution is 7.14. The third-order valence-corrected chi connectivity index (χ3v) is 7.71. The smallest absolute Gasteiger partial charge is 0.263 e. The molecule has 4 heteroatoms. The van der Waals surface area contributed by atoms with E-state index in [1.165, 1.54) is 21.6 Å². The van der Waals surface area contributed by atoms with E-state index in [0.29, 0.717) is 6.42 Å². The maximum absolute atomic E-state index is 12.6. The lowest BCUT2D eigenvalue weighted by Crippen LogP contribution is -2.25. The number of nitrogens with zero attached hydrogens (tertiary/aromatic N) is 1. The molecule has 3 nitrogen and oxygen atoms in total. The molecule has 0 aliphatic carbocycles. The average Bonchev–Trinajstić information content (AvgIpc) is 3.10. The van der Waals surface area contributed by atoms with Crippen molar-refractivity contribution in [2.45, 2.75) is 71.3 Å². The third-order valence-electron chi connectivity index (χ3n) is 6.28. The fraction of sp³-hybridized carbons (Fsp3) is 0.500. The molecule has 1 atom stereocenters. The van der Waals surface area contributed by atoms with E-state index in [-0.39, 0.29) is 11.3 Å². The summed E-state index contributed by atoms with van der Waals surface area (Å²) in [5.41, 5.74) is 3.55. The summed E-state index contributed by atoms with van der Waals surface area (Å²) in [7, 11) is 3.60. The fourth-order valence-corrected chi connectivity index (χ4v) is 5.55. The van der Waals surface area contributed by atoms with Gasteiger partial charge in [-0.25, -0.2) is 0 Å². The summed E-state index contributed by atoms with van der Waals surface area (Å²) < 4.78 is 0. The van der Waals surface area contributed by atoms with Crippen molar-refractivity contribution in [2.24, 2.45) is 0 Å². The Morgan fingerprint density at radius 2 is 1.80 bits per heavy atom. The standard InChI is InChI=1S/C26H35NO2S/c1-9-25(6,29)15-14-20-12-13-21(16-18(20)4)26(10-2,11-3)22-17-19(5)23(30-22)24(28)27(7)8/h1,12-13,16-17,29H,10-11,14-15H2,2-8H3. The zero-order valence-corrected chi connectivity index (χ0v) is 20.2. The molecule has 1 amide bonds. The van der Waals surface area contributed by atoms with Gasteiger partial charge in [0.05, 0.1) is 4.88 Å². The van der Waals surface area contributed by atoms with Crippen LogP contribution < -0.4 is 0 Å². The molecular formula is C26H35NO2S. The van der Waals surface area contributed by atoms with Gasteiger partial charge in [0, 0.05) is 24.4 Å². The molecule has 1 aromatic carbocycles. The van der Waals surface area contributed by atoms with Crippen LogP contribution in [-0.2, 0) is 11.8 Å². The zero-order valence-electron chi connectivity index (χ0n) is 19.4. The monoisotopic (exact) mass is 425 g/mol. The van der Waals surface area contributed by atoms with Gasteiger partial charge in [-0.1, -0.05) is 38.0 Å². The maximum atomic E-state index is 12.6. The van der Waals surface area contributed by atoms with Gasteiger partial charge in [-0.3, -0.25) is 4.79 Å². The van der Waals surface area contributed by atoms with E-state index in [4.69, 9.17) is 6.42 Å². The highest BCUT2D eigenvalue weighted by Crippen LogP contribution is 2.44. The molecule has 0 fully saturated rings. The molecule has 1 aromatic heterocycles. The lowest BCUT2D eigenvalue weighted by Gasteiger charge is -2.32. The summed E-state index contributed by atoms with van der Waals surface area (Å²) >= 11 is 1.63. The van der Waals surface area contributed by atoms with E-state index in [0.717, 1.165) is 29.7 Å². The van der Waals surface area contributed by atoms with E-state index >= 15 is 0 Å². The molecule has 162 valence electrons. The number of carbonyl (C=O) groups is 1. The van der Waals surface area contributed by atoms with Gasteiger partial charge in [0.2, 0.25) is 0 Å². The van der Waals surface area contributed by atoms with Crippen LogP contribution in [-0.4, -0.2) is 35.6 Å². The first kappa shape index (κ1) is 24.2. The highest BCUT2D eigenvalue weighted by Gasteiger charge is 2.34. The van der Waals surface area contributed by atoms with Crippen molar-refractivity contribution >= 4 is 17.2 Å². The SMILES string of the molecule is C#CC(C)(O)CCc1ccc(C(CC)(CC)c2cc(C)c(C(=O)N(C)C)s2)cc1C. The summed E-state index contributed by atoms with van der Waals surface area (Å²) in [5.74, 6) is 2.52. The minimum absolute atomic E-state index is 0.0666. The largest absolute Gasteiger partial charge is 0.378 e. The van der Waals surface area contributed by atoms with E-state index in [9.17, 15) is 9.90 Å². The summed E-state index contributed by atoms with van der Waals surface area (Å²) in [6, 6.07) is 8.85. The van der Waals surface area contributed by atoms with Crippen molar-refractivity contribution in [3.63, 3.8) is 0 Å². The molecule has 0 aliphatic rings. The van der Waals surface area contributed by atoms with Crippen LogP contribution in [0.1, 0.15) is 76.8 Å². The molecule has 30 heavy (non-hydrogen) atoms. The number of hydrogen-bond donors (Lipinski definition) is 1. The number of rotatable bonds is 8. The van der Waals surface area contributed by atoms with Gasteiger partial charge in [-0.2, -0.15) is 0 Å². The van der Waals surface area contributed by atoms with Crippen molar-refractivity contribution in [3.05, 3.63) is 56.3 Å². The Hall–Kier alpha value is -2.09. The molecule has 2 aromatic rings. The van der Waals surface area contributed by atoms with Gasteiger partial charge in [-0.05, 0) is 74.8 Å². The van der Waals surface area contributed by atoms with E-state index in [1.54, 1.807) is 37.3 Å². The Morgan fingerprint density at radius 3 is 2.30 bits per heavy atom. The molecule has 2 rings (SSSR count). The fourth-order valence-electron chi connectivity index (χ4n) is 4.01. The maximum Gasteiger partial charge on any atom is 0.263 e. The number of aliphatic hydroxyl groups is 1. The van der Waals surface area contributed by atoms with Gasteiger partial charge in [0.25, 0.3) is 5.91 Å². The Balaban J connectivity index is 2.45. The predicted octanol–water partition coefficient (Wildman–Crippen LogP) is 5.49. The summed E-state index contributed by atoms with van der Waals surface area (Å²) in [6.45, 7) is 10.3. The van der Waals surface area contributed by atoms with Gasteiger partial charge in [0.1, 0.15) is 5.60 Å². The predicted molar refractivity (Wildman–Crippen MR) is 127 cm³/mol. The summed E-state index contributed by atoms with van der Waals surface area (Å²) in [6.07, 6.45) is 8.62. The van der Waals surface area contributed by atoms with E-state index in [2.05, 4.69) is 51.0 Å². The van der Waals surface area contributed by atoms with Crippen molar-refractivity contribution in [1.82, 2.24) is 4.90 Å². The number of benzene rings is 1. The molecule has 0 bridgehead atoms. The average molecular weight is 426 g/mol.